The Balaban J connectivity index is 1.91. The monoisotopic (exact) mass is 235 g/mol. The topological polar surface area (TPSA) is 84.3 Å². The number of benzene rings is 1. The van der Waals surface area contributed by atoms with Crippen molar-refractivity contribution in [2.24, 2.45) is 0 Å². The number of hydrogen-bond donors (Lipinski definition) is 3. The lowest BCUT2D eigenvalue weighted by Crippen LogP contribution is -2.01. The van der Waals surface area contributed by atoms with Gasteiger partial charge in [-0.15, -0.1) is 0 Å². The third-order valence-electron chi connectivity index (χ3n) is 2.52. The summed E-state index contributed by atoms with van der Waals surface area (Å²) >= 11 is 0. The average Bonchev–Trinajstić information content (AvgIpc) is 2.70. The Morgan fingerprint density at radius 3 is 3.00 bits per heavy atom. The smallest absolute Gasteiger partial charge is 0.295 e. The molecule has 0 saturated heterocycles. The Kier molecular flexibility index (Phi) is 3.82. The maximum atomic E-state index is 8.64. The first-order valence-corrected chi connectivity index (χ1v) is 5.80. The number of unbranched alkanes of at least 4 members (excludes halogenated alkanes) is 2. The fraction of sp³-hybridized carbons (Fsp3) is 0.417. The summed E-state index contributed by atoms with van der Waals surface area (Å²) in [5.41, 5.74) is 7.83. The van der Waals surface area contributed by atoms with Gasteiger partial charge < -0.3 is 20.6 Å². The summed E-state index contributed by atoms with van der Waals surface area (Å²) < 4.78 is 5.50. The molecule has 0 bridgehead atoms. The Morgan fingerprint density at radius 2 is 2.18 bits per heavy atom. The van der Waals surface area contributed by atoms with Crippen molar-refractivity contribution in [2.75, 3.05) is 24.2 Å². The number of rotatable bonds is 6. The van der Waals surface area contributed by atoms with Crippen molar-refractivity contribution < 1.29 is 9.52 Å². The predicted octanol–water partition coefficient (Wildman–Crippen LogP) is 1.98. The van der Waals surface area contributed by atoms with Crippen molar-refractivity contribution in [1.29, 1.82) is 0 Å². The van der Waals surface area contributed by atoms with Gasteiger partial charge in [0, 0.05) is 24.9 Å². The van der Waals surface area contributed by atoms with Crippen LogP contribution in [-0.4, -0.2) is 23.2 Å². The molecule has 0 amide bonds. The van der Waals surface area contributed by atoms with E-state index in [4.69, 9.17) is 15.3 Å². The Bertz CT molecular complexity index is 482. The molecule has 92 valence electrons. The van der Waals surface area contributed by atoms with Crippen molar-refractivity contribution in [3.8, 4) is 0 Å². The van der Waals surface area contributed by atoms with Crippen molar-refractivity contribution in [1.82, 2.24) is 4.98 Å². The van der Waals surface area contributed by atoms with Crippen LogP contribution in [0.4, 0.5) is 11.7 Å². The highest BCUT2D eigenvalue weighted by molar-refractivity contribution is 5.77. The van der Waals surface area contributed by atoms with E-state index in [1.165, 1.54) is 0 Å². The fourth-order valence-corrected chi connectivity index (χ4v) is 1.63. The Labute approximate surface area is 99.6 Å². The predicted molar refractivity (Wildman–Crippen MR) is 67.8 cm³/mol. The summed E-state index contributed by atoms with van der Waals surface area (Å²) in [5.74, 6) is 0. The third kappa shape index (κ3) is 3.10. The van der Waals surface area contributed by atoms with Crippen LogP contribution in [-0.2, 0) is 0 Å². The number of oxazole rings is 1. The quantitative estimate of drug-likeness (QED) is 0.526. The van der Waals surface area contributed by atoms with Gasteiger partial charge in [0.25, 0.3) is 6.01 Å². The number of nitrogens with two attached hydrogens (primary N) is 1. The van der Waals surface area contributed by atoms with Gasteiger partial charge in [0.15, 0.2) is 5.58 Å². The van der Waals surface area contributed by atoms with Crippen LogP contribution < -0.4 is 11.1 Å². The minimum atomic E-state index is 0.252. The van der Waals surface area contributed by atoms with Crippen LogP contribution in [0, 0.1) is 0 Å². The minimum absolute atomic E-state index is 0.252. The zero-order chi connectivity index (χ0) is 12.1. The lowest BCUT2D eigenvalue weighted by Gasteiger charge is -1.99. The highest BCUT2D eigenvalue weighted by Crippen LogP contribution is 2.20. The van der Waals surface area contributed by atoms with Crippen molar-refractivity contribution in [3.05, 3.63) is 18.2 Å². The number of nitrogens with one attached hydrogen (secondary N) is 1. The number of hydrogen-bond acceptors (Lipinski definition) is 5. The summed E-state index contributed by atoms with van der Waals surface area (Å²) in [6.45, 7) is 1.05. The van der Waals surface area contributed by atoms with E-state index < -0.39 is 0 Å². The van der Waals surface area contributed by atoms with Gasteiger partial charge in [-0.05, 0) is 31.4 Å². The molecule has 0 fully saturated rings. The zero-order valence-corrected chi connectivity index (χ0v) is 9.65. The number of aromatic nitrogens is 1. The molecule has 0 unspecified atom stereocenters. The van der Waals surface area contributed by atoms with Crippen LogP contribution in [0.2, 0.25) is 0 Å². The molecule has 4 N–H and O–H groups in total. The van der Waals surface area contributed by atoms with Gasteiger partial charge in [0.05, 0.1) is 0 Å². The van der Waals surface area contributed by atoms with E-state index in [9.17, 15) is 0 Å². The molecule has 0 aliphatic rings. The number of aliphatic hydroxyl groups excluding tert-OH is 1. The molecule has 2 rings (SSSR count). The molecule has 1 heterocycles. The first-order valence-electron chi connectivity index (χ1n) is 5.80. The first kappa shape index (κ1) is 11.7. The van der Waals surface area contributed by atoms with E-state index in [0.717, 1.165) is 31.3 Å². The van der Waals surface area contributed by atoms with Gasteiger partial charge in [-0.2, -0.15) is 4.98 Å². The molecule has 0 aliphatic heterocycles. The highest BCUT2D eigenvalue weighted by atomic mass is 16.4. The van der Waals surface area contributed by atoms with E-state index in [2.05, 4.69) is 10.3 Å². The maximum absolute atomic E-state index is 8.64. The standard InChI is InChI=1S/C12H17N3O2/c13-9-4-5-10-11(8-9)17-12(15-10)14-6-2-1-3-7-16/h4-5,8,16H,1-3,6-7,13H2,(H,14,15). The van der Waals surface area contributed by atoms with Gasteiger partial charge >= 0.3 is 0 Å². The van der Waals surface area contributed by atoms with Crippen molar-refractivity contribution in [2.45, 2.75) is 19.3 Å². The van der Waals surface area contributed by atoms with Crippen molar-refractivity contribution >= 4 is 22.8 Å². The molecule has 0 atom stereocenters. The summed E-state index contributed by atoms with van der Waals surface area (Å²) in [6.07, 6.45) is 2.82. The SMILES string of the molecule is Nc1ccc2nc(NCCCCCO)oc2c1. The molecule has 5 heteroatoms. The third-order valence-corrected chi connectivity index (χ3v) is 2.52. The second-order valence-corrected chi connectivity index (χ2v) is 3.96. The second-order valence-electron chi connectivity index (χ2n) is 3.96. The maximum Gasteiger partial charge on any atom is 0.295 e. The number of aliphatic hydroxyl groups is 1. The number of nitrogens with zero attached hydrogens (tertiary/aromatic N) is 1. The molecular weight excluding hydrogens is 218 g/mol. The van der Waals surface area contributed by atoms with Crippen LogP contribution in [0.25, 0.3) is 11.1 Å². The highest BCUT2D eigenvalue weighted by Gasteiger charge is 2.04. The lowest BCUT2D eigenvalue weighted by atomic mass is 10.2. The minimum Gasteiger partial charge on any atom is -0.423 e. The summed E-state index contributed by atoms with van der Waals surface area (Å²) in [6, 6.07) is 5.93. The Hall–Kier alpha value is -1.75. The average molecular weight is 235 g/mol. The molecule has 0 radical (unpaired) electrons. The first-order chi connectivity index (χ1) is 8.29. The Morgan fingerprint density at radius 1 is 1.29 bits per heavy atom. The molecule has 0 saturated carbocycles. The van der Waals surface area contributed by atoms with Crippen molar-refractivity contribution in [3.63, 3.8) is 0 Å². The fourth-order valence-electron chi connectivity index (χ4n) is 1.63. The largest absolute Gasteiger partial charge is 0.423 e. The van der Waals surface area contributed by atoms with Crippen LogP contribution in [0.1, 0.15) is 19.3 Å². The number of fused-ring (bicyclic) bond motifs is 1. The van der Waals surface area contributed by atoms with E-state index in [1.807, 2.05) is 6.07 Å². The van der Waals surface area contributed by atoms with E-state index in [-0.39, 0.29) is 6.61 Å². The van der Waals surface area contributed by atoms with E-state index in [1.54, 1.807) is 12.1 Å². The number of anilines is 2. The molecule has 0 aliphatic carbocycles. The summed E-state index contributed by atoms with van der Waals surface area (Å²) in [7, 11) is 0. The molecule has 2 aromatic rings. The molecule has 5 nitrogen and oxygen atoms in total. The van der Waals surface area contributed by atoms with Gasteiger partial charge in [0.2, 0.25) is 0 Å². The van der Waals surface area contributed by atoms with Crippen LogP contribution in [0.5, 0.6) is 0 Å². The molecule has 17 heavy (non-hydrogen) atoms. The van der Waals surface area contributed by atoms with Crippen LogP contribution >= 0.6 is 0 Å². The van der Waals surface area contributed by atoms with E-state index >= 15 is 0 Å². The molecule has 1 aromatic heterocycles. The lowest BCUT2D eigenvalue weighted by molar-refractivity contribution is 0.283. The van der Waals surface area contributed by atoms with Crippen LogP contribution in [0.15, 0.2) is 22.6 Å². The van der Waals surface area contributed by atoms with E-state index in [0.29, 0.717) is 17.3 Å². The van der Waals surface area contributed by atoms with Crippen LogP contribution in [0.3, 0.4) is 0 Å². The zero-order valence-electron chi connectivity index (χ0n) is 9.65. The van der Waals surface area contributed by atoms with Gasteiger partial charge in [-0.25, -0.2) is 0 Å². The molecular formula is C12H17N3O2. The molecule has 1 aromatic carbocycles. The van der Waals surface area contributed by atoms with Gasteiger partial charge in [0.1, 0.15) is 5.52 Å². The second kappa shape index (κ2) is 5.54. The number of nitrogen functional groups attached to an aromatic ring is 1. The van der Waals surface area contributed by atoms with Gasteiger partial charge in [-0.3, -0.25) is 0 Å². The normalized spacial score (nSPS) is 10.9. The summed E-state index contributed by atoms with van der Waals surface area (Å²) in [4.78, 5) is 4.29. The van der Waals surface area contributed by atoms with Gasteiger partial charge in [-0.1, -0.05) is 0 Å². The summed E-state index contributed by atoms with van der Waals surface area (Å²) in [5, 5.41) is 11.8. The molecule has 0 spiro atoms.